The fraction of sp³-hybridized carbons (Fsp3) is 0.400. The summed E-state index contributed by atoms with van der Waals surface area (Å²) in [5.74, 6) is -1.69. The third kappa shape index (κ3) is 6.93. The Morgan fingerprint density at radius 2 is 1.79 bits per heavy atom. The summed E-state index contributed by atoms with van der Waals surface area (Å²) in [5, 5.41) is 14.8. The van der Waals surface area contributed by atoms with Gasteiger partial charge in [-0.15, -0.1) is 11.8 Å². The van der Waals surface area contributed by atoms with Crippen molar-refractivity contribution in [3.8, 4) is 0 Å². The summed E-state index contributed by atoms with van der Waals surface area (Å²) in [5.41, 5.74) is -0.988. The number of rotatable bonds is 11. The molecule has 1 saturated heterocycles. The van der Waals surface area contributed by atoms with Crippen LogP contribution in [0.5, 0.6) is 0 Å². The van der Waals surface area contributed by atoms with E-state index in [4.69, 9.17) is 4.74 Å². The summed E-state index contributed by atoms with van der Waals surface area (Å²) in [6.07, 6.45) is 2.35. The quantitative estimate of drug-likeness (QED) is 0.360. The molecule has 2 aromatic rings. The third-order valence-corrected chi connectivity index (χ3v) is 8.22. The number of nitrogens with one attached hydrogen (secondary N) is 2. The van der Waals surface area contributed by atoms with Crippen LogP contribution in [0.15, 0.2) is 65.7 Å². The molecule has 3 N–H and O–H groups in total. The first-order chi connectivity index (χ1) is 19.9. The largest absolute Gasteiger partial charge is 0.465 e. The Kier molecular flexibility index (Phi) is 9.57. The topological polar surface area (TPSA) is 128 Å². The molecule has 224 valence electrons. The lowest BCUT2D eigenvalue weighted by molar-refractivity contribution is -0.145. The van der Waals surface area contributed by atoms with E-state index in [1.807, 2.05) is 41.5 Å². The number of thioether (sulfide) groups is 1. The molecular formula is C30H35FN4O6S. The number of hydrogen-bond donors (Lipinski definition) is 3. The molecule has 0 saturated carbocycles. The Labute approximate surface area is 248 Å². The molecule has 2 aliphatic heterocycles. The first kappa shape index (κ1) is 31.0. The lowest BCUT2D eigenvalue weighted by atomic mass is 9.84. The van der Waals surface area contributed by atoms with Gasteiger partial charge in [0.25, 0.3) is 0 Å². The molecule has 42 heavy (non-hydrogen) atoms. The SMILES string of the molecule is CSC1=CC(=O)[C@]2(Cc3ccc(F)cc3)CN(C(=O)[C@@H](COCc3ccccc3)NC(=O)C(C)(C)NC(=O)O)CCN12. The van der Waals surface area contributed by atoms with Crippen molar-refractivity contribution in [3.63, 3.8) is 0 Å². The smallest absolute Gasteiger partial charge is 0.405 e. The van der Waals surface area contributed by atoms with Crippen molar-refractivity contribution in [1.29, 1.82) is 0 Å². The Morgan fingerprint density at radius 1 is 1.10 bits per heavy atom. The number of piperazine rings is 1. The number of halogens is 1. The van der Waals surface area contributed by atoms with Crippen LogP contribution in [0.1, 0.15) is 25.0 Å². The van der Waals surface area contributed by atoms with E-state index in [0.717, 1.165) is 16.2 Å². The van der Waals surface area contributed by atoms with Gasteiger partial charge in [0.2, 0.25) is 11.8 Å². The highest BCUT2D eigenvalue weighted by Crippen LogP contribution is 2.39. The van der Waals surface area contributed by atoms with Gasteiger partial charge in [0, 0.05) is 25.6 Å². The van der Waals surface area contributed by atoms with E-state index < -0.39 is 35.0 Å². The number of ether oxygens (including phenoxy) is 1. The van der Waals surface area contributed by atoms with Gasteiger partial charge < -0.3 is 30.3 Å². The highest BCUT2D eigenvalue weighted by atomic mass is 32.2. The van der Waals surface area contributed by atoms with Crippen molar-refractivity contribution in [2.45, 2.75) is 44.0 Å². The number of nitrogens with zero attached hydrogens (tertiary/aromatic N) is 2. The number of fused-ring (bicyclic) bond motifs is 1. The number of carboxylic acid groups (broad SMARTS) is 1. The maximum Gasteiger partial charge on any atom is 0.405 e. The molecular weight excluding hydrogens is 563 g/mol. The molecule has 0 aliphatic carbocycles. The van der Waals surface area contributed by atoms with Crippen LogP contribution in [0.25, 0.3) is 0 Å². The number of ketones is 1. The van der Waals surface area contributed by atoms with Crippen LogP contribution in [-0.2, 0) is 32.1 Å². The average Bonchev–Trinajstić information content (AvgIpc) is 3.23. The molecule has 0 radical (unpaired) electrons. The molecule has 2 heterocycles. The minimum absolute atomic E-state index is 0.0461. The van der Waals surface area contributed by atoms with E-state index in [-0.39, 0.29) is 44.3 Å². The highest BCUT2D eigenvalue weighted by Gasteiger charge is 2.53. The van der Waals surface area contributed by atoms with E-state index in [9.17, 15) is 28.7 Å². The fourth-order valence-corrected chi connectivity index (χ4v) is 5.94. The van der Waals surface area contributed by atoms with Crippen LogP contribution in [0.4, 0.5) is 9.18 Å². The van der Waals surface area contributed by atoms with Crippen LogP contribution in [-0.4, -0.2) is 88.2 Å². The molecule has 3 amide bonds. The Bertz CT molecular complexity index is 1350. The zero-order valence-corrected chi connectivity index (χ0v) is 24.6. The number of carbonyl (C=O) groups is 4. The van der Waals surface area contributed by atoms with E-state index in [0.29, 0.717) is 6.54 Å². The minimum atomic E-state index is -1.52. The molecule has 0 unspecified atom stereocenters. The monoisotopic (exact) mass is 598 g/mol. The van der Waals surface area contributed by atoms with Crippen molar-refractivity contribution in [2.24, 2.45) is 0 Å². The van der Waals surface area contributed by atoms with Crippen molar-refractivity contribution in [1.82, 2.24) is 20.4 Å². The maximum absolute atomic E-state index is 14.0. The predicted molar refractivity (Wildman–Crippen MR) is 156 cm³/mol. The Morgan fingerprint density at radius 3 is 2.43 bits per heavy atom. The summed E-state index contributed by atoms with van der Waals surface area (Å²) < 4.78 is 19.5. The Hall–Kier alpha value is -3.90. The summed E-state index contributed by atoms with van der Waals surface area (Å²) in [4.78, 5) is 55.5. The van der Waals surface area contributed by atoms with Crippen LogP contribution in [0.3, 0.4) is 0 Å². The normalized spacial score (nSPS) is 19.1. The second-order valence-corrected chi connectivity index (χ2v) is 11.7. The zero-order valence-electron chi connectivity index (χ0n) is 23.8. The van der Waals surface area contributed by atoms with Gasteiger partial charge in [-0.2, -0.15) is 0 Å². The first-order valence-electron chi connectivity index (χ1n) is 13.5. The van der Waals surface area contributed by atoms with Gasteiger partial charge in [0.15, 0.2) is 5.78 Å². The van der Waals surface area contributed by atoms with Crippen LogP contribution in [0.2, 0.25) is 0 Å². The number of hydrogen-bond acceptors (Lipinski definition) is 7. The number of benzene rings is 2. The number of carbonyl (C=O) groups excluding carboxylic acids is 3. The molecule has 1 fully saturated rings. The second kappa shape index (κ2) is 13.0. The van der Waals surface area contributed by atoms with Crippen molar-refractivity contribution in [2.75, 3.05) is 32.5 Å². The fourth-order valence-electron chi connectivity index (χ4n) is 5.23. The molecule has 0 bridgehead atoms. The van der Waals surface area contributed by atoms with Crippen LogP contribution in [0, 0.1) is 5.82 Å². The molecule has 12 heteroatoms. The predicted octanol–water partition coefficient (Wildman–Crippen LogP) is 2.79. The van der Waals surface area contributed by atoms with E-state index in [1.165, 1.54) is 37.7 Å². The van der Waals surface area contributed by atoms with Gasteiger partial charge in [-0.25, -0.2) is 9.18 Å². The third-order valence-electron chi connectivity index (χ3n) is 7.46. The second-order valence-electron chi connectivity index (χ2n) is 10.9. The summed E-state index contributed by atoms with van der Waals surface area (Å²) in [7, 11) is 0. The minimum Gasteiger partial charge on any atom is -0.465 e. The first-order valence-corrected chi connectivity index (χ1v) is 14.7. The average molecular weight is 599 g/mol. The number of amides is 3. The van der Waals surface area contributed by atoms with Gasteiger partial charge in [-0.3, -0.25) is 14.4 Å². The zero-order chi connectivity index (χ0) is 30.5. The lowest BCUT2D eigenvalue weighted by Crippen LogP contribution is -2.67. The molecule has 2 atom stereocenters. The highest BCUT2D eigenvalue weighted by molar-refractivity contribution is 8.02. The van der Waals surface area contributed by atoms with E-state index in [2.05, 4.69) is 10.6 Å². The molecule has 0 spiro atoms. The molecule has 4 rings (SSSR count). The van der Waals surface area contributed by atoms with E-state index >= 15 is 0 Å². The van der Waals surface area contributed by atoms with E-state index in [1.54, 1.807) is 23.1 Å². The van der Waals surface area contributed by atoms with Crippen molar-refractivity contribution >= 4 is 35.5 Å². The van der Waals surface area contributed by atoms with Crippen molar-refractivity contribution in [3.05, 3.63) is 82.6 Å². The van der Waals surface area contributed by atoms with Gasteiger partial charge in [-0.1, -0.05) is 42.5 Å². The maximum atomic E-state index is 14.0. The van der Waals surface area contributed by atoms with Crippen LogP contribution < -0.4 is 10.6 Å². The summed E-state index contributed by atoms with van der Waals surface area (Å²) >= 11 is 1.45. The molecule has 0 aromatic heterocycles. The van der Waals surface area contributed by atoms with Gasteiger partial charge in [-0.05, 0) is 43.4 Å². The Balaban J connectivity index is 1.57. The van der Waals surface area contributed by atoms with Gasteiger partial charge in [0.1, 0.15) is 22.9 Å². The standard InChI is InChI=1S/C30H35FN4O6S/c1-29(2,33-28(39)40)27(38)32-23(18-41-17-21-7-5-4-6-8-21)26(37)34-13-14-35-25(42-3)15-24(36)30(35,19-34)16-20-9-11-22(31)12-10-20/h4-12,15,23,33H,13-14,16-19H2,1-3H3,(H,32,38)(H,39,40)/t23-,30+/m1/s1. The van der Waals surface area contributed by atoms with Crippen molar-refractivity contribution < 1.29 is 33.4 Å². The summed E-state index contributed by atoms with van der Waals surface area (Å²) in [6.45, 7) is 3.53. The lowest BCUT2D eigenvalue weighted by Gasteiger charge is -2.48. The van der Waals surface area contributed by atoms with Gasteiger partial charge in [0.05, 0.1) is 24.8 Å². The van der Waals surface area contributed by atoms with Gasteiger partial charge >= 0.3 is 6.09 Å². The molecule has 2 aromatic carbocycles. The summed E-state index contributed by atoms with van der Waals surface area (Å²) in [6, 6.07) is 14.1. The molecule has 2 aliphatic rings. The molecule has 10 nitrogen and oxygen atoms in total. The van der Waals surface area contributed by atoms with Crippen LogP contribution >= 0.6 is 11.8 Å².